The van der Waals surface area contributed by atoms with Gasteiger partial charge >= 0.3 is 0 Å². The fraction of sp³-hybridized carbons (Fsp3) is 0.440. The van der Waals surface area contributed by atoms with Crippen LogP contribution in [0.1, 0.15) is 37.8 Å². The van der Waals surface area contributed by atoms with Gasteiger partial charge in [-0.15, -0.1) is 0 Å². The van der Waals surface area contributed by atoms with Crippen LogP contribution in [0.4, 0.5) is 4.39 Å². The van der Waals surface area contributed by atoms with Crippen molar-refractivity contribution in [2.24, 2.45) is 5.92 Å². The third-order valence-corrected chi connectivity index (χ3v) is 5.33. The lowest BCUT2D eigenvalue weighted by molar-refractivity contribution is 0.191. The molecule has 2 N–H and O–H groups in total. The molecule has 0 spiro atoms. The summed E-state index contributed by atoms with van der Waals surface area (Å²) in [7, 11) is 0. The van der Waals surface area contributed by atoms with E-state index in [-0.39, 0.29) is 5.82 Å². The topological polar surface area (TPSA) is 36.5 Å². The molecular weight excluding hydrogens is 377 g/mol. The third kappa shape index (κ3) is 6.77. The summed E-state index contributed by atoms with van der Waals surface area (Å²) in [6.45, 7) is 12.7. The molecule has 1 heterocycles. The maximum Gasteiger partial charge on any atom is 0.123 e. The number of nitrogens with one attached hydrogen (secondary N) is 2. The summed E-state index contributed by atoms with van der Waals surface area (Å²) in [6.07, 6.45) is 2.27. The number of ether oxygens (including phenoxy) is 1. The molecule has 2 aromatic rings. The Morgan fingerprint density at radius 3 is 2.50 bits per heavy atom. The minimum Gasteiger partial charge on any atom is -0.493 e. The molecule has 0 saturated carbocycles. The first kappa shape index (κ1) is 22.2. The molecule has 5 heteroatoms. The van der Waals surface area contributed by atoms with Crippen LogP contribution in [0.3, 0.4) is 0 Å². The molecule has 1 aliphatic rings. The quantitative estimate of drug-likeness (QED) is 0.595. The monoisotopic (exact) mass is 411 g/mol. The Hall–Kier alpha value is -2.53. The zero-order valence-electron chi connectivity index (χ0n) is 18.2. The highest BCUT2D eigenvalue weighted by molar-refractivity contribution is 5.27. The second-order valence-electron chi connectivity index (χ2n) is 8.40. The molecule has 1 fully saturated rings. The lowest BCUT2D eigenvalue weighted by atomic mass is 10.0. The molecule has 162 valence electrons. The van der Waals surface area contributed by atoms with Crippen LogP contribution in [0.5, 0.6) is 5.75 Å². The van der Waals surface area contributed by atoms with Gasteiger partial charge in [-0.05, 0) is 60.7 Å². The summed E-state index contributed by atoms with van der Waals surface area (Å²) in [5, 5.41) is 6.97. The van der Waals surface area contributed by atoms with Gasteiger partial charge in [-0.3, -0.25) is 0 Å². The molecule has 1 saturated heterocycles. The van der Waals surface area contributed by atoms with Crippen molar-refractivity contribution in [3.63, 3.8) is 0 Å². The van der Waals surface area contributed by atoms with E-state index >= 15 is 0 Å². The Kier molecular flexibility index (Phi) is 8.14. The zero-order valence-corrected chi connectivity index (χ0v) is 18.2. The number of hydrogen-bond acceptors (Lipinski definition) is 4. The van der Waals surface area contributed by atoms with E-state index in [0.717, 1.165) is 49.7 Å². The van der Waals surface area contributed by atoms with Gasteiger partial charge in [-0.2, -0.15) is 0 Å². The van der Waals surface area contributed by atoms with E-state index in [1.54, 1.807) is 0 Å². The number of halogens is 1. The van der Waals surface area contributed by atoms with Crippen LogP contribution in [-0.4, -0.2) is 30.6 Å². The highest BCUT2D eigenvalue weighted by Crippen LogP contribution is 2.19. The predicted octanol–water partition coefficient (Wildman–Crippen LogP) is 4.68. The average molecular weight is 412 g/mol. The van der Waals surface area contributed by atoms with Crippen LogP contribution in [0.25, 0.3) is 0 Å². The van der Waals surface area contributed by atoms with Crippen molar-refractivity contribution in [1.29, 1.82) is 0 Å². The van der Waals surface area contributed by atoms with E-state index in [1.807, 2.05) is 24.3 Å². The number of hydrogen-bond donors (Lipinski definition) is 2. The van der Waals surface area contributed by atoms with Crippen LogP contribution >= 0.6 is 0 Å². The maximum atomic E-state index is 13.3. The minimum atomic E-state index is -0.206. The molecule has 4 nitrogen and oxygen atoms in total. The molecule has 3 rings (SSSR count). The van der Waals surface area contributed by atoms with E-state index in [0.29, 0.717) is 25.0 Å². The van der Waals surface area contributed by atoms with Crippen LogP contribution in [0.2, 0.25) is 0 Å². The summed E-state index contributed by atoms with van der Waals surface area (Å²) in [5.41, 5.74) is 2.26. The molecule has 0 aromatic heterocycles. The van der Waals surface area contributed by atoms with Crippen molar-refractivity contribution in [2.75, 3.05) is 19.7 Å². The second kappa shape index (κ2) is 11.0. The maximum absolute atomic E-state index is 13.3. The molecule has 0 radical (unpaired) electrons. The first-order valence-corrected chi connectivity index (χ1v) is 10.9. The van der Waals surface area contributed by atoms with Gasteiger partial charge in [-0.1, -0.05) is 44.7 Å². The van der Waals surface area contributed by atoms with Crippen molar-refractivity contribution < 1.29 is 9.13 Å². The van der Waals surface area contributed by atoms with Crippen molar-refractivity contribution in [3.8, 4) is 5.75 Å². The van der Waals surface area contributed by atoms with E-state index in [4.69, 9.17) is 4.74 Å². The molecule has 1 aliphatic heterocycles. The van der Waals surface area contributed by atoms with Gasteiger partial charge < -0.3 is 20.3 Å². The van der Waals surface area contributed by atoms with Gasteiger partial charge in [-0.25, -0.2) is 4.39 Å². The highest BCUT2D eigenvalue weighted by atomic mass is 19.1. The van der Waals surface area contributed by atoms with Gasteiger partial charge in [0.05, 0.1) is 12.4 Å². The summed E-state index contributed by atoms with van der Waals surface area (Å²) < 4.78 is 19.1. The number of rotatable bonds is 10. The van der Waals surface area contributed by atoms with Crippen LogP contribution < -0.4 is 15.4 Å². The van der Waals surface area contributed by atoms with Gasteiger partial charge in [0, 0.05) is 25.7 Å². The zero-order chi connectivity index (χ0) is 21.3. The average Bonchev–Trinajstić information content (AvgIpc) is 2.77. The number of nitrogens with zero attached hydrogens (tertiary/aromatic N) is 1. The Labute approximate surface area is 180 Å². The normalized spacial score (nSPS) is 16.3. The molecule has 30 heavy (non-hydrogen) atoms. The summed E-state index contributed by atoms with van der Waals surface area (Å²) in [4.78, 5) is 2.31. The van der Waals surface area contributed by atoms with Crippen molar-refractivity contribution in [1.82, 2.24) is 15.5 Å². The summed E-state index contributed by atoms with van der Waals surface area (Å²) in [6, 6.07) is 15.3. The standard InChI is InChI=1S/C25H34FN3O/c1-19(2)18-30-25-12-8-21(9-13-25)15-28-20(3)29(24-5-4-14-27-16-24)17-22-6-10-23(26)11-7-22/h6-13,19,24,27-28H,3-5,14-18H2,1-2H3. The fourth-order valence-corrected chi connectivity index (χ4v) is 3.60. The summed E-state index contributed by atoms with van der Waals surface area (Å²) >= 11 is 0. The number of benzene rings is 2. The Morgan fingerprint density at radius 2 is 1.87 bits per heavy atom. The SMILES string of the molecule is C=C(NCc1ccc(OCC(C)C)cc1)N(Cc1ccc(F)cc1)C1CCCNC1. The smallest absolute Gasteiger partial charge is 0.123 e. The summed E-state index contributed by atoms with van der Waals surface area (Å²) in [5.74, 6) is 2.10. The number of piperidine rings is 1. The lowest BCUT2D eigenvalue weighted by Crippen LogP contribution is -2.47. The van der Waals surface area contributed by atoms with Crippen LogP contribution in [0.15, 0.2) is 60.9 Å². The first-order chi connectivity index (χ1) is 14.5. The van der Waals surface area contributed by atoms with E-state index in [2.05, 4.69) is 48.1 Å². The fourth-order valence-electron chi connectivity index (χ4n) is 3.60. The van der Waals surface area contributed by atoms with Gasteiger partial charge in [0.2, 0.25) is 0 Å². The van der Waals surface area contributed by atoms with Gasteiger partial charge in [0.15, 0.2) is 0 Å². The van der Waals surface area contributed by atoms with E-state index < -0.39 is 0 Å². The largest absolute Gasteiger partial charge is 0.493 e. The highest BCUT2D eigenvalue weighted by Gasteiger charge is 2.22. The van der Waals surface area contributed by atoms with Gasteiger partial charge in [0.1, 0.15) is 11.6 Å². The Morgan fingerprint density at radius 1 is 1.17 bits per heavy atom. The van der Waals surface area contributed by atoms with Crippen LogP contribution in [0, 0.1) is 11.7 Å². The first-order valence-electron chi connectivity index (χ1n) is 10.9. The van der Waals surface area contributed by atoms with Gasteiger partial charge in [0.25, 0.3) is 0 Å². The van der Waals surface area contributed by atoms with E-state index in [9.17, 15) is 4.39 Å². The molecular formula is C25H34FN3O. The molecule has 2 aromatic carbocycles. The molecule has 0 aliphatic carbocycles. The third-order valence-electron chi connectivity index (χ3n) is 5.33. The molecule has 0 bridgehead atoms. The minimum absolute atomic E-state index is 0.206. The van der Waals surface area contributed by atoms with Crippen molar-refractivity contribution in [3.05, 3.63) is 77.9 Å². The van der Waals surface area contributed by atoms with Crippen LogP contribution in [-0.2, 0) is 13.1 Å². The van der Waals surface area contributed by atoms with Crippen molar-refractivity contribution >= 4 is 0 Å². The lowest BCUT2D eigenvalue weighted by Gasteiger charge is -2.38. The molecule has 1 unspecified atom stereocenters. The second-order valence-corrected chi connectivity index (χ2v) is 8.40. The van der Waals surface area contributed by atoms with Crippen molar-refractivity contribution in [2.45, 2.75) is 45.8 Å². The Bertz CT molecular complexity index is 783. The molecule has 1 atom stereocenters. The van der Waals surface area contributed by atoms with E-state index in [1.165, 1.54) is 17.7 Å². The predicted molar refractivity (Wildman–Crippen MR) is 121 cm³/mol. The Balaban J connectivity index is 1.60. The molecule has 0 amide bonds.